The Morgan fingerprint density at radius 3 is 2.82 bits per heavy atom. The Bertz CT molecular complexity index is 439. The van der Waals surface area contributed by atoms with E-state index in [0.717, 1.165) is 0 Å². The van der Waals surface area contributed by atoms with Crippen molar-refractivity contribution in [1.29, 1.82) is 0 Å². The van der Waals surface area contributed by atoms with Crippen molar-refractivity contribution in [2.75, 3.05) is 6.61 Å². The lowest BCUT2D eigenvalue weighted by molar-refractivity contribution is -0.120. The van der Waals surface area contributed by atoms with E-state index in [1.165, 1.54) is 6.20 Å². The zero-order valence-corrected chi connectivity index (χ0v) is 9.50. The molecule has 4 atom stereocenters. The lowest BCUT2D eigenvalue weighted by Gasteiger charge is -2.15. The van der Waals surface area contributed by atoms with Gasteiger partial charge in [0.1, 0.15) is 23.0 Å². The minimum atomic E-state index is -1.25. The number of aromatic nitrogens is 2. The Morgan fingerprint density at radius 1 is 1.47 bits per heavy atom. The Morgan fingerprint density at radius 2 is 2.24 bits per heavy atom. The molecule has 0 bridgehead atoms. The van der Waals surface area contributed by atoms with E-state index in [2.05, 4.69) is 9.97 Å². The summed E-state index contributed by atoms with van der Waals surface area (Å²) in [6, 6.07) is 1.65. The molecule has 1 unspecified atom stereocenters. The molecular weight excluding hydrogens is 248 g/mol. The molecule has 1 aliphatic rings. The third kappa shape index (κ3) is 2.61. The quantitative estimate of drug-likeness (QED) is 0.514. The van der Waals surface area contributed by atoms with Crippen molar-refractivity contribution < 1.29 is 24.8 Å². The van der Waals surface area contributed by atoms with Gasteiger partial charge in [0.05, 0.1) is 6.61 Å². The summed E-state index contributed by atoms with van der Waals surface area (Å²) < 4.78 is 10.7. The number of nitrogens with one attached hydrogen (secondary N) is 1. The van der Waals surface area contributed by atoms with Gasteiger partial charge in [-0.25, -0.2) is 4.98 Å². The van der Waals surface area contributed by atoms with Gasteiger partial charge in [0.2, 0.25) is 6.29 Å². The highest BCUT2D eigenvalue weighted by Crippen LogP contribution is 2.22. The van der Waals surface area contributed by atoms with Crippen LogP contribution < -0.4 is 4.74 Å². The van der Waals surface area contributed by atoms with E-state index in [0.29, 0.717) is 4.64 Å². The number of rotatable bonds is 3. The van der Waals surface area contributed by atoms with E-state index >= 15 is 0 Å². The lowest BCUT2D eigenvalue weighted by Crippen LogP contribution is -2.35. The average Bonchev–Trinajstić information content (AvgIpc) is 2.57. The molecule has 0 aromatic carbocycles. The number of aliphatic hydroxyl groups is 3. The van der Waals surface area contributed by atoms with Crippen LogP contribution in [0.15, 0.2) is 12.3 Å². The Balaban J connectivity index is 2.07. The second-order valence-electron chi connectivity index (χ2n) is 3.56. The number of ether oxygens (including phenoxy) is 2. The fraction of sp³-hybridized carbons (Fsp3) is 0.556. The van der Waals surface area contributed by atoms with E-state index in [9.17, 15) is 10.2 Å². The first kappa shape index (κ1) is 12.4. The SMILES string of the molecule is OC[C@@H]1OC(Oc2nccc(=S)[nH]2)[C@@H](O)[C@H]1O. The van der Waals surface area contributed by atoms with E-state index in [1.807, 2.05) is 0 Å². The molecular formula is C9H12N2O5S. The second kappa shape index (κ2) is 5.07. The monoisotopic (exact) mass is 260 g/mol. The fourth-order valence-corrected chi connectivity index (χ4v) is 1.63. The van der Waals surface area contributed by atoms with Gasteiger partial charge >= 0.3 is 0 Å². The Labute approximate surface area is 102 Å². The zero-order valence-electron chi connectivity index (χ0n) is 8.68. The first-order valence-corrected chi connectivity index (χ1v) is 5.37. The normalized spacial score (nSPS) is 32.6. The summed E-state index contributed by atoms with van der Waals surface area (Å²) in [4.78, 5) is 6.48. The summed E-state index contributed by atoms with van der Waals surface area (Å²) in [7, 11) is 0. The molecule has 94 valence electrons. The summed E-state index contributed by atoms with van der Waals surface area (Å²) in [5, 5.41) is 28.0. The highest BCUT2D eigenvalue weighted by atomic mass is 32.1. The van der Waals surface area contributed by atoms with E-state index < -0.39 is 31.2 Å². The molecule has 1 aromatic rings. The van der Waals surface area contributed by atoms with Gasteiger partial charge in [-0.05, 0) is 6.07 Å². The number of hydrogen-bond donors (Lipinski definition) is 4. The predicted molar refractivity (Wildman–Crippen MR) is 57.8 cm³/mol. The van der Waals surface area contributed by atoms with Crippen LogP contribution in [-0.4, -0.2) is 56.5 Å². The summed E-state index contributed by atoms with van der Waals surface area (Å²) in [5.41, 5.74) is 0. The van der Waals surface area contributed by atoms with Crippen LogP contribution in [0.5, 0.6) is 6.01 Å². The van der Waals surface area contributed by atoms with Crippen LogP contribution in [0.3, 0.4) is 0 Å². The fourth-order valence-electron chi connectivity index (χ4n) is 1.48. The number of aliphatic hydroxyl groups excluding tert-OH is 3. The number of hydrogen-bond acceptors (Lipinski definition) is 7. The summed E-state index contributed by atoms with van der Waals surface area (Å²) >= 11 is 4.87. The van der Waals surface area contributed by atoms with Crippen molar-refractivity contribution in [3.8, 4) is 6.01 Å². The maximum Gasteiger partial charge on any atom is 0.296 e. The first-order valence-electron chi connectivity index (χ1n) is 4.96. The van der Waals surface area contributed by atoms with Gasteiger partial charge in [0, 0.05) is 6.20 Å². The van der Waals surface area contributed by atoms with Crippen LogP contribution in [0.2, 0.25) is 0 Å². The topological polar surface area (TPSA) is 108 Å². The van der Waals surface area contributed by atoms with Gasteiger partial charge < -0.3 is 29.8 Å². The number of aromatic amines is 1. The van der Waals surface area contributed by atoms with Crippen LogP contribution in [-0.2, 0) is 4.74 Å². The molecule has 1 aliphatic heterocycles. The van der Waals surface area contributed by atoms with Gasteiger partial charge in [-0.2, -0.15) is 0 Å². The highest BCUT2D eigenvalue weighted by molar-refractivity contribution is 7.71. The summed E-state index contributed by atoms with van der Waals surface area (Å²) in [5.74, 6) is 0. The van der Waals surface area contributed by atoms with Crippen molar-refractivity contribution in [3.05, 3.63) is 16.9 Å². The zero-order chi connectivity index (χ0) is 12.4. The molecule has 4 N–H and O–H groups in total. The van der Waals surface area contributed by atoms with Gasteiger partial charge in [-0.3, -0.25) is 0 Å². The molecule has 2 heterocycles. The van der Waals surface area contributed by atoms with Crippen molar-refractivity contribution in [2.24, 2.45) is 0 Å². The minimum Gasteiger partial charge on any atom is -0.432 e. The molecule has 0 saturated carbocycles. The van der Waals surface area contributed by atoms with Gasteiger partial charge in [-0.15, -0.1) is 0 Å². The third-order valence-electron chi connectivity index (χ3n) is 2.37. The van der Waals surface area contributed by atoms with E-state index in [1.54, 1.807) is 6.07 Å². The molecule has 0 spiro atoms. The van der Waals surface area contributed by atoms with Gasteiger partial charge in [-0.1, -0.05) is 12.2 Å². The Hall–Kier alpha value is -1.06. The van der Waals surface area contributed by atoms with Crippen LogP contribution in [0.25, 0.3) is 0 Å². The molecule has 0 amide bonds. The molecule has 0 radical (unpaired) electrons. The van der Waals surface area contributed by atoms with E-state index in [4.69, 9.17) is 26.8 Å². The standard InChI is InChI=1S/C9H12N2O5S/c12-3-4-6(13)7(14)8(15-4)16-9-10-2-1-5(17)11-9/h1-2,4,6-8,12-14H,3H2,(H,10,11,17)/t4-,6-,7-,8?/m0/s1. The van der Waals surface area contributed by atoms with Crippen molar-refractivity contribution >= 4 is 12.2 Å². The van der Waals surface area contributed by atoms with Gasteiger partial charge in [0.25, 0.3) is 6.01 Å². The largest absolute Gasteiger partial charge is 0.432 e. The molecule has 1 saturated heterocycles. The predicted octanol–water partition coefficient (Wildman–Crippen LogP) is -1.04. The van der Waals surface area contributed by atoms with Crippen molar-refractivity contribution in [3.63, 3.8) is 0 Å². The summed E-state index contributed by atoms with van der Waals surface area (Å²) in [6.45, 7) is -0.406. The molecule has 2 rings (SSSR count). The van der Waals surface area contributed by atoms with Crippen LogP contribution >= 0.6 is 12.2 Å². The number of nitrogens with zero attached hydrogens (tertiary/aromatic N) is 1. The van der Waals surface area contributed by atoms with Crippen LogP contribution in [0.1, 0.15) is 0 Å². The molecule has 1 fully saturated rings. The van der Waals surface area contributed by atoms with Gasteiger partial charge in [0.15, 0.2) is 0 Å². The third-order valence-corrected chi connectivity index (χ3v) is 2.61. The second-order valence-corrected chi connectivity index (χ2v) is 4.00. The lowest BCUT2D eigenvalue weighted by atomic mass is 10.1. The molecule has 8 heteroatoms. The first-order chi connectivity index (χ1) is 8.11. The van der Waals surface area contributed by atoms with Crippen molar-refractivity contribution in [2.45, 2.75) is 24.6 Å². The molecule has 7 nitrogen and oxygen atoms in total. The Kier molecular flexibility index (Phi) is 3.69. The number of H-pyrrole nitrogens is 1. The molecule has 1 aromatic heterocycles. The average molecular weight is 260 g/mol. The minimum absolute atomic E-state index is 0.0762. The van der Waals surface area contributed by atoms with Crippen LogP contribution in [0, 0.1) is 4.64 Å². The highest BCUT2D eigenvalue weighted by Gasteiger charge is 2.44. The van der Waals surface area contributed by atoms with Crippen molar-refractivity contribution in [1.82, 2.24) is 9.97 Å². The maximum atomic E-state index is 9.61. The van der Waals surface area contributed by atoms with E-state index in [-0.39, 0.29) is 6.01 Å². The molecule has 17 heavy (non-hydrogen) atoms. The van der Waals surface area contributed by atoms with Crippen LogP contribution in [0.4, 0.5) is 0 Å². The smallest absolute Gasteiger partial charge is 0.296 e. The molecule has 0 aliphatic carbocycles. The summed E-state index contributed by atoms with van der Waals surface area (Å²) in [6.07, 6.45) is -2.98. The maximum absolute atomic E-state index is 9.61.